The van der Waals surface area contributed by atoms with Crippen LogP contribution in [0.5, 0.6) is 0 Å². The molecule has 0 spiro atoms. The maximum atomic E-state index is 12.3. The zero-order valence-electron chi connectivity index (χ0n) is 14.3. The van der Waals surface area contributed by atoms with Crippen LogP contribution in [0.1, 0.15) is 51.2 Å². The Bertz CT molecular complexity index is 557. The molecule has 126 valence electrons. The molecule has 0 aromatic heterocycles. The van der Waals surface area contributed by atoms with Gasteiger partial charge in [-0.05, 0) is 35.8 Å². The van der Waals surface area contributed by atoms with Gasteiger partial charge in [0.1, 0.15) is 0 Å². The van der Waals surface area contributed by atoms with Crippen LogP contribution in [0.25, 0.3) is 0 Å². The average Bonchev–Trinajstić information content (AvgIpc) is 2.52. The summed E-state index contributed by atoms with van der Waals surface area (Å²) in [6.45, 7) is 7.59. The highest BCUT2D eigenvalue weighted by Crippen LogP contribution is 2.23. The Kier molecular flexibility index (Phi) is 5.45. The van der Waals surface area contributed by atoms with Gasteiger partial charge < -0.3 is 10.0 Å². The first-order chi connectivity index (χ1) is 10.8. The van der Waals surface area contributed by atoms with Crippen molar-refractivity contribution < 1.29 is 14.7 Å². The van der Waals surface area contributed by atoms with Gasteiger partial charge in [-0.25, -0.2) is 0 Å². The van der Waals surface area contributed by atoms with Crippen LogP contribution in [0.4, 0.5) is 0 Å². The predicted octanol–water partition coefficient (Wildman–Crippen LogP) is 3.24. The van der Waals surface area contributed by atoms with E-state index >= 15 is 0 Å². The quantitative estimate of drug-likeness (QED) is 0.927. The molecule has 2 rings (SSSR count). The molecule has 1 aromatic rings. The van der Waals surface area contributed by atoms with Gasteiger partial charge in [0.2, 0.25) is 5.91 Å². The van der Waals surface area contributed by atoms with E-state index in [0.29, 0.717) is 32.4 Å². The first-order valence-corrected chi connectivity index (χ1v) is 8.37. The molecule has 1 N–H and O–H groups in total. The third-order valence-corrected chi connectivity index (χ3v) is 4.57. The average molecular weight is 317 g/mol. The van der Waals surface area contributed by atoms with Crippen LogP contribution in [0.3, 0.4) is 0 Å². The molecule has 1 heterocycles. The normalized spacial score (nSPS) is 18.7. The molecule has 1 aliphatic rings. The zero-order valence-corrected chi connectivity index (χ0v) is 14.3. The molecule has 4 heteroatoms. The van der Waals surface area contributed by atoms with Crippen molar-refractivity contribution >= 4 is 11.9 Å². The van der Waals surface area contributed by atoms with Crippen molar-refractivity contribution in [1.82, 2.24) is 4.90 Å². The Hall–Kier alpha value is -1.84. The summed E-state index contributed by atoms with van der Waals surface area (Å²) in [6.07, 6.45) is 2.61. The van der Waals surface area contributed by atoms with E-state index in [2.05, 4.69) is 45.0 Å². The van der Waals surface area contributed by atoms with E-state index in [1.807, 2.05) is 0 Å². The van der Waals surface area contributed by atoms with Crippen LogP contribution in [0, 0.1) is 5.92 Å². The Morgan fingerprint density at radius 2 is 1.87 bits per heavy atom. The van der Waals surface area contributed by atoms with E-state index in [9.17, 15) is 9.59 Å². The van der Waals surface area contributed by atoms with Crippen LogP contribution >= 0.6 is 0 Å². The SMILES string of the molecule is CC(C)(C)c1ccc(CCC(=O)N2CCCC(C(=O)O)C2)cc1. The van der Waals surface area contributed by atoms with E-state index in [0.717, 1.165) is 12.0 Å². The smallest absolute Gasteiger partial charge is 0.308 e. The molecule has 1 unspecified atom stereocenters. The topological polar surface area (TPSA) is 57.6 Å². The number of carboxylic acids is 1. The van der Waals surface area contributed by atoms with Crippen LogP contribution < -0.4 is 0 Å². The second-order valence-electron chi connectivity index (χ2n) is 7.46. The molecule has 0 bridgehead atoms. The van der Waals surface area contributed by atoms with E-state index in [4.69, 9.17) is 5.11 Å². The number of aliphatic carboxylic acids is 1. The minimum Gasteiger partial charge on any atom is -0.481 e. The lowest BCUT2D eigenvalue weighted by Gasteiger charge is -2.30. The monoisotopic (exact) mass is 317 g/mol. The second-order valence-corrected chi connectivity index (χ2v) is 7.46. The number of rotatable bonds is 4. The van der Waals surface area contributed by atoms with E-state index in [-0.39, 0.29) is 11.3 Å². The summed E-state index contributed by atoms with van der Waals surface area (Å²) in [4.78, 5) is 25.1. The summed E-state index contributed by atoms with van der Waals surface area (Å²) >= 11 is 0. The number of nitrogens with zero attached hydrogens (tertiary/aromatic N) is 1. The summed E-state index contributed by atoms with van der Waals surface area (Å²) in [5.41, 5.74) is 2.57. The number of aryl methyl sites for hydroxylation is 1. The fourth-order valence-corrected chi connectivity index (χ4v) is 2.99. The molecule has 0 aliphatic carbocycles. The molecule has 1 amide bonds. The maximum Gasteiger partial charge on any atom is 0.308 e. The number of benzene rings is 1. The van der Waals surface area contributed by atoms with Gasteiger partial charge in [-0.15, -0.1) is 0 Å². The molecule has 1 atom stereocenters. The van der Waals surface area contributed by atoms with Crippen molar-refractivity contribution in [3.8, 4) is 0 Å². The second kappa shape index (κ2) is 7.16. The first-order valence-electron chi connectivity index (χ1n) is 8.37. The van der Waals surface area contributed by atoms with Gasteiger partial charge in [-0.2, -0.15) is 0 Å². The summed E-state index contributed by atoms with van der Waals surface area (Å²) < 4.78 is 0. The fourth-order valence-electron chi connectivity index (χ4n) is 2.99. The molecule has 1 saturated heterocycles. The number of amides is 1. The van der Waals surface area contributed by atoms with Crippen LogP contribution in [-0.4, -0.2) is 35.0 Å². The number of piperidine rings is 1. The molecule has 1 fully saturated rings. The highest BCUT2D eigenvalue weighted by molar-refractivity contribution is 5.78. The molecule has 1 aromatic carbocycles. The number of carbonyl (C=O) groups excluding carboxylic acids is 1. The van der Waals surface area contributed by atoms with Gasteiger partial charge in [0.05, 0.1) is 5.92 Å². The molecule has 23 heavy (non-hydrogen) atoms. The Morgan fingerprint density at radius 3 is 2.43 bits per heavy atom. The molecule has 0 saturated carbocycles. The van der Waals surface area contributed by atoms with Gasteiger partial charge in [0, 0.05) is 19.5 Å². The molecular weight excluding hydrogens is 290 g/mol. The lowest BCUT2D eigenvalue weighted by molar-refractivity contribution is -0.145. The van der Waals surface area contributed by atoms with Crippen molar-refractivity contribution in [3.05, 3.63) is 35.4 Å². The predicted molar refractivity (Wildman–Crippen MR) is 90.4 cm³/mol. The lowest BCUT2D eigenvalue weighted by atomic mass is 9.86. The number of hydrogen-bond donors (Lipinski definition) is 1. The van der Waals surface area contributed by atoms with Crippen LogP contribution in [0.2, 0.25) is 0 Å². The van der Waals surface area contributed by atoms with Gasteiger partial charge in [-0.3, -0.25) is 9.59 Å². The molecule has 0 radical (unpaired) electrons. The fraction of sp³-hybridized carbons (Fsp3) is 0.579. The number of likely N-dealkylation sites (tertiary alicyclic amines) is 1. The van der Waals surface area contributed by atoms with E-state index in [1.165, 1.54) is 5.56 Å². The zero-order chi connectivity index (χ0) is 17.0. The standard InChI is InChI=1S/C19H27NO3/c1-19(2,3)16-9-6-14(7-10-16)8-11-17(21)20-12-4-5-15(13-20)18(22)23/h6-7,9-10,15H,4-5,8,11-13H2,1-3H3,(H,22,23). The Balaban J connectivity index is 1.88. The van der Waals surface area contributed by atoms with Crippen molar-refractivity contribution in [3.63, 3.8) is 0 Å². The van der Waals surface area contributed by atoms with Crippen molar-refractivity contribution in [2.45, 2.75) is 51.9 Å². The van der Waals surface area contributed by atoms with Crippen molar-refractivity contribution in [1.29, 1.82) is 0 Å². The van der Waals surface area contributed by atoms with Gasteiger partial charge in [0.15, 0.2) is 0 Å². The van der Waals surface area contributed by atoms with Gasteiger partial charge >= 0.3 is 5.97 Å². The summed E-state index contributed by atoms with van der Waals surface area (Å²) in [7, 11) is 0. The largest absolute Gasteiger partial charge is 0.481 e. The lowest BCUT2D eigenvalue weighted by Crippen LogP contribution is -2.42. The van der Waals surface area contributed by atoms with Crippen LogP contribution in [0.15, 0.2) is 24.3 Å². The van der Waals surface area contributed by atoms with Gasteiger partial charge in [0.25, 0.3) is 0 Å². The van der Waals surface area contributed by atoms with E-state index in [1.54, 1.807) is 4.90 Å². The molecule has 1 aliphatic heterocycles. The number of carboxylic acid groups (broad SMARTS) is 1. The number of hydrogen-bond acceptors (Lipinski definition) is 2. The van der Waals surface area contributed by atoms with Crippen LogP contribution in [-0.2, 0) is 21.4 Å². The summed E-state index contributed by atoms with van der Waals surface area (Å²) in [5.74, 6) is -1.13. The van der Waals surface area contributed by atoms with Crippen molar-refractivity contribution in [2.24, 2.45) is 5.92 Å². The highest BCUT2D eigenvalue weighted by atomic mass is 16.4. The first kappa shape index (κ1) is 17.5. The summed E-state index contributed by atoms with van der Waals surface area (Å²) in [6, 6.07) is 8.43. The minimum atomic E-state index is -0.791. The number of carbonyl (C=O) groups is 2. The third kappa shape index (κ3) is 4.81. The third-order valence-electron chi connectivity index (χ3n) is 4.57. The molecular formula is C19H27NO3. The maximum absolute atomic E-state index is 12.3. The highest BCUT2D eigenvalue weighted by Gasteiger charge is 2.27. The summed E-state index contributed by atoms with van der Waals surface area (Å²) in [5, 5.41) is 9.10. The minimum absolute atomic E-state index is 0.0656. The van der Waals surface area contributed by atoms with Crippen molar-refractivity contribution in [2.75, 3.05) is 13.1 Å². The molecule has 4 nitrogen and oxygen atoms in total. The van der Waals surface area contributed by atoms with Gasteiger partial charge in [-0.1, -0.05) is 45.0 Å². The Morgan fingerprint density at radius 1 is 1.22 bits per heavy atom. The van der Waals surface area contributed by atoms with E-state index < -0.39 is 11.9 Å². The Labute approximate surface area is 138 Å².